The molecule has 1 fully saturated rings. The topological polar surface area (TPSA) is 68.4 Å². The SMILES string of the molecule is COC1(C(O)c2cccnc2N)CCC1. The van der Waals surface area contributed by atoms with Crippen molar-refractivity contribution >= 4 is 5.82 Å². The Morgan fingerprint density at radius 2 is 2.33 bits per heavy atom. The number of aliphatic hydroxyl groups excluding tert-OH is 1. The number of hydrogen-bond donors (Lipinski definition) is 2. The number of nitrogens with two attached hydrogens (primary N) is 1. The van der Waals surface area contributed by atoms with Gasteiger partial charge in [0.05, 0.1) is 5.60 Å². The summed E-state index contributed by atoms with van der Waals surface area (Å²) in [4.78, 5) is 3.97. The summed E-state index contributed by atoms with van der Waals surface area (Å²) in [5, 5.41) is 10.2. The summed E-state index contributed by atoms with van der Waals surface area (Å²) in [5.74, 6) is 0.383. The third-order valence-corrected chi connectivity index (χ3v) is 3.27. The molecule has 1 aliphatic rings. The Labute approximate surface area is 89.1 Å². The Morgan fingerprint density at radius 3 is 2.80 bits per heavy atom. The van der Waals surface area contributed by atoms with E-state index in [4.69, 9.17) is 10.5 Å². The van der Waals surface area contributed by atoms with Crippen molar-refractivity contribution in [1.29, 1.82) is 0 Å². The molecule has 1 aliphatic carbocycles. The third-order valence-electron chi connectivity index (χ3n) is 3.27. The number of anilines is 1. The molecular formula is C11H16N2O2. The first kappa shape index (κ1) is 10.4. The van der Waals surface area contributed by atoms with E-state index >= 15 is 0 Å². The highest BCUT2D eigenvalue weighted by Crippen LogP contribution is 2.45. The molecule has 82 valence electrons. The molecule has 1 unspecified atom stereocenters. The molecule has 2 rings (SSSR count). The summed E-state index contributed by atoms with van der Waals surface area (Å²) in [6.45, 7) is 0. The number of nitrogen functional groups attached to an aromatic ring is 1. The monoisotopic (exact) mass is 208 g/mol. The lowest BCUT2D eigenvalue weighted by molar-refractivity contribution is -0.151. The van der Waals surface area contributed by atoms with Gasteiger partial charge in [0.2, 0.25) is 0 Å². The Morgan fingerprint density at radius 1 is 1.60 bits per heavy atom. The van der Waals surface area contributed by atoms with E-state index < -0.39 is 11.7 Å². The first-order chi connectivity index (χ1) is 7.19. The lowest BCUT2D eigenvalue weighted by atomic mass is 9.74. The molecular weight excluding hydrogens is 192 g/mol. The summed E-state index contributed by atoms with van der Waals surface area (Å²) in [6.07, 6.45) is 3.78. The molecule has 15 heavy (non-hydrogen) atoms. The quantitative estimate of drug-likeness (QED) is 0.784. The van der Waals surface area contributed by atoms with Crippen LogP contribution in [0.1, 0.15) is 30.9 Å². The van der Waals surface area contributed by atoms with E-state index in [-0.39, 0.29) is 0 Å². The fourth-order valence-corrected chi connectivity index (χ4v) is 2.06. The van der Waals surface area contributed by atoms with Gasteiger partial charge in [0.25, 0.3) is 0 Å². The molecule has 0 bridgehead atoms. The largest absolute Gasteiger partial charge is 0.385 e. The molecule has 1 aromatic rings. The van der Waals surface area contributed by atoms with Crippen molar-refractivity contribution in [2.45, 2.75) is 31.0 Å². The van der Waals surface area contributed by atoms with Crippen LogP contribution in [0.25, 0.3) is 0 Å². The van der Waals surface area contributed by atoms with Crippen molar-refractivity contribution in [2.24, 2.45) is 0 Å². The highest BCUT2D eigenvalue weighted by molar-refractivity contribution is 5.41. The number of rotatable bonds is 3. The fourth-order valence-electron chi connectivity index (χ4n) is 2.06. The number of methoxy groups -OCH3 is 1. The van der Waals surface area contributed by atoms with Crippen LogP contribution in [-0.4, -0.2) is 22.8 Å². The summed E-state index contributed by atoms with van der Waals surface area (Å²) in [5.41, 5.74) is 5.94. The number of nitrogens with zero attached hydrogens (tertiary/aromatic N) is 1. The van der Waals surface area contributed by atoms with Crippen LogP contribution in [0.4, 0.5) is 5.82 Å². The standard InChI is InChI=1S/C11H16N2O2/c1-15-11(5-3-6-11)9(14)8-4-2-7-13-10(8)12/h2,4,7,9,14H,3,5-6H2,1H3,(H2,12,13). The van der Waals surface area contributed by atoms with Gasteiger partial charge in [0, 0.05) is 18.9 Å². The van der Waals surface area contributed by atoms with Gasteiger partial charge >= 0.3 is 0 Å². The van der Waals surface area contributed by atoms with E-state index in [1.54, 1.807) is 25.4 Å². The number of aliphatic hydroxyl groups is 1. The van der Waals surface area contributed by atoms with Gasteiger partial charge in [-0.15, -0.1) is 0 Å². The van der Waals surface area contributed by atoms with E-state index in [1.807, 2.05) is 0 Å². The van der Waals surface area contributed by atoms with Crippen molar-refractivity contribution < 1.29 is 9.84 Å². The van der Waals surface area contributed by atoms with Gasteiger partial charge in [-0.2, -0.15) is 0 Å². The second-order valence-corrected chi connectivity index (χ2v) is 4.00. The van der Waals surface area contributed by atoms with Gasteiger partial charge in [-0.1, -0.05) is 6.07 Å². The number of aromatic nitrogens is 1. The molecule has 4 heteroatoms. The van der Waals surface area contributed by atoms with Crippen LogP contribution in [-0.2, 0) is 4.74 Å². The second kappa shape index (κ2) is 3.79. The van der Waals surface area contributed by atoms with Gasteiger partial charge in [-0.05, 0) is 25.3 Å². The van der Waals surface area contributed by atoms with Gasteiger partial charge < -0.3 is 15.6 Å². The molecule has 0 amide bonds. The zero-order valence-corrected chi connectivity index (χ0v) is 8.81. The normalized spacial score (nSPS) is 20.7. The van der Waals surface area contributed by atoms with Crippen LogP contribution in [0.3, 0.4) is 0 Å². The molecule has 0 aromatic carbocycles. The Hall–Kier alpha value is -1.13. The highest BCUT2D eigenvalue weighted by atomic mass is 16.5. The molecule has 1 aromatic heterocycles. The predicted octanol–water partition coefficient (Wildman–Crippen LogP) is 1.27. The first-order valence-electron chi connectivity index (χ1n) is 5.13. The third kappa shape index (κ3) is 1.60. The molecule has 3 N–H and O–H groups in total. The minimum atomic E-state index is -0.676. The predicted molar refractivity (Wildman–Crippen MR) is 57.2 cm³/mol. The molecule has 0 aliphatic heterocycles. The summed E-state index contributed by atoms with van der Waals surface area (Å²) >= 11 is 0. The van der Waals surface area contributed by atoms with Crippen molar-refractivity contribution in [1.82, 2.24) is 4.98 Å². The van der Waals surface area contributed by atoms with E-state index in [9.17, 15) is 5.11 Å². The number of pyridine rings is 1. The smallest absolute Gasteiger partial charge is 0.129 e. The molecule has 1 atom stereocenters. The van der Waals surface area contributed by atoms with Crippen molar-refractivity contribution in [3.63, 3.8) is 0 Å². The van der Waals surface area contributed by atoms with Crippen molar-refractivity contribution in [3.8, 4) is 0 Å². The summed E-state index contributed by atoms with van der Waals surface area (Å²) in [7, 11) is 1.63. The van der Waals surface area contributed by atoms with Crippen LogP contribution >= 0.6 is 0 Å². The van der Waals surface area contributed by atoms with E-state index in [2.05, 4.69) is 4.98 Å². The molecule has 1 heterocycles. The van der Waals surface area contributed by atoms with Crippen LogP contribution in [0.2, 0.25) is 0 Å². The van der Waals surface area contributed by atoms with Gasteiger partial charge in [0.1, 0.15) is 11.9 Å². The van der Waals surface area contributed by atoms with Crippen LogP contribution in [0.15, 0.2) is 18.3 Å². The average Bonchev–Trinajstić information content (AvgIpc) is 2.17. The van der Waals surface area contributed by atoms with Crippen molar-refractivity contribution in [3.05, 3.63) is 23.9 Å². The Balaban J connectivity index is 2.27. The van der Waals surface area contributed by atoms with Crippen LogP contribution < -0.4 is 5.73 Å². The fraction of sp³-hybridized carbons (Fsp3) is 0.545. The minimum Gasteiger partial charge on any atom is -0.385 e. The summed E-state index contributed by atoms with van der Waals surface area (Å²) < 4.78 is 5.41. The van der Waals surface area contributed by atoms with E-state index in [0.717, 1.165) is 19.3 Å². The van der Waals surface area contributed by atoms with Crippen LogP contribution in [0, 0.1) is 0 Å². The molecule has 4 nitrogen and oxygen atoms in total. The maximum atomic E-state index is 10.2. The minimum absolute atomic E-state index is 0.383. The Bertz CT molecular complexity index is 345. The van der Waals surface area contributed by atoms with Gasteiger partial charge in [-0.3, -0.25) is 0 Å². The number of hydrogen-bond acceptors (Lipinski definition) is 4. The zero-order chi connectivity index (χ0) is 10.9. The molecule has 0 spiro atoms. The molecule has 1 saturated carbocycles. The molecule has 0 radical (unpaired) electrons. The maximum absolute atomic E-state index is 10.2. The van der Waals surface area contributed by atoms with Crippen LogP contribution in [0.5, 0.6) is 0 Å². The van der Waals surface area contributed by atoms with Gasteiger partial charge in [0.15, 0.2) is 0 Å². The Kier molecular flexibility index (Phi) is 2.63. The summed E-state index contributed by atoms with van der Waals surface area (Å²) in [6, 6.07) is 3.57. The van der Waals surface area contributed by atoms with E-state index in [0.29, 0.717) is 11.4 Å². The zero-order valence-electron chi connectivity index (χ0n) is 8.81. The number of ether oxygens (including phenoxy) is 1. The highest BCUT2D eigenvalue weighted by Gasteiger charge is 2.45. The average molecular weight is 208 g/mol. The lowest BCUT2D eigenvalue weighted by Gasteiger charge is -2.44. The lowest BCUT2D eigenvalue weighted by Crippen LogP contribution is -2.45. The maximum Gasteiger partial charge on any atom is 0.129 e. The second-order valence-electron chi connectivity index (χ2n) is 4.00. The van der Waals surface area contributed by atoms with Gasteiger partial charge in [-0.25, -0.2) is 4.98 Å². The first-order valence-corrected chi connectivity index (χ1v) is 5.13. The molecule has 0 saturated heterocycles. The van der Waals surface area contributed by atoms with E-state index in [1.165, 1.54) is 0 Å². The van der Waals surface area contributed by atoms with Crippen molar-refractivity contribution in [2.75, 3.05) is 12.8 Å².